The number of carbonyl (C=O) groups is 1. The average molecular weight is 271 g/mol. The lowest BCUT2D eigenvalue weighted by atomic mass is 10.0. The summed E-state index contributed by atoms with van der Waals surface area (Å²) in [6.07, 6.45) is 0.524. The van der Waals surface area contributed by atoms with Gasteiger partial charge in [0.1, 0.15) is 5.54 Å². The van der Waals surface area contributed by atoms with Crippen molar-refractivity contribution in [2.45, 2.75) is 25.8 Å². The first kappa shape index (κ1) is 13.8. The molecular formula is C12H12Cl2N2O. The molecule has 1 aromatic rings. The number of nitrogens with zero attached hydrogens (tertiary/aromatic N) is 1. The van der Waals surface area contributed by atoms with Crippen molar-refractivity contribution in [1.29, 1.82) is 5.26 Å². The van der Waals surface area contributed by atoms with Gasteiger partial charge in [0.25, 0.3) is 5.91 Å². The lowest BCUT2D eigenvalue weighted by Gasteiger charge is -2.21. The smallest absolute Gasteiger partial charge is 0.252 e. The number of nitriles is 1. The van der Waals surface area contributed by atoms with E-state index in [1.807, 2.05) is 6.92 Å². The van der Waals surface area contributed by atoms with Gasteiger partial charge in [0.15, 0.2) is 0 Å². The molecule has 17 heavy (non-hydrogen) atoms. The van der Waals surface area contributed by atoms with Crippen molar-refractivity contribution in [1.82, 2.24) is 5.32 Å². The van der Waals surface area contributed by atoms with E-state index in [-0.39, 0.29) is 5.91 Å². The Morgan fingerprint density at radius 2 is 2.12 bits per heavy atom. The molecule has 1 atom stereocenters. The lowest BCUT2D eigenvalue weighted by Crippen LogP contribution is -2.44. The molecule has 0 fully saturated rings. The summed E-state index contributed by atoms with van der Waals surface area (Å²) < 4.78 is 0. The Morgan fingerprint density at radius 1 is 1.47 bits per heavy atom. The molecule has 1 rings (SSSR count). The summed E-state index contributed by atoms with van der Waals surface area (Å²) in [7, 11) is 0. The van der Waals surface area contributed by atoms with Crippen LogP contribution in [-0.4, -0.2) is 11.4 Å². The van der Waals surface area contributed by atoms with Crippen LogP contribution in [0.1, 0.15) is 30.6 Å². The van der Waals surface area contributed by atoms with Gasteiger partial charge in [0.2, 0.25) is 0 Å². The fourth-order valence-corrected chi connectivity index (χ4v) is 1.45. The van der Waals surface area contributed by atoms with Crippen LogP contribution in [0.2, 0.25) is 10.0 Å². The molecule has 5 heteroatoms. The highest BCUT2D eigenvalue weighted by molar-refractivity contribution is 6.42. The number of carbonyl (C=O) groups excluding carboxylic acids is 1. The number of rotatable bonds is 3. The molecule has 0 saturated carbocycles. The summed E-state index contributed by atoms with van der Waals surface area (Å²) in [5.74, 6) is -0.338. The highest BCUT2D eigenvalue weighted by Crippen LogP contribution is 2.22. The molecular weight excluding hydrogens is 259 g/mol. The van der Waals surface area contributed by atoms with E-state index in [4.69, 9.17) is 28.5 Å². The SMILES string of the molecule is CCC(C)(C#N)NC(=O)c1ccc(Cl)c(Cl)c1. The van der Waals surface area contributed by atoms with Gasteiger partial charge in [0, 0.05) is 5.56 Å². The van der Waals surface area contributed by atoms with Crippen molar-refractivity contribution in [2.24, 2.45) is 0 Å². The minimum absolute atomic E-state index is 0.314. The molecule has 0 aromatic heterocycles. The third-order valence-corrected chi connectivity index (χ3v) is 3.26. The van der Waals surface area contributed by atoms with Crippen LogP contribution in [0.25, 0.3) is 0 Å². The average Bonchev–Trinajstić information content (AvgIpc) is 2.32. The lowest BCUT2D eigenvalue weighted by molar-refractivity contribution is 0.0923. The van der Waals surface area contributed by atoms with E-state index in [0.717, 1.165) is 0 Å². The van der Waals surface area contributed by atoms with Crippen LogP contribution in [0, 0.1) is 11.3 Å². The molecule has 0 bridgehead atoms. The first-order chi connectivity index (χ1) is 7.91. The Labute approximate surface area is 110 Å². The second-order valence-corrected chi connectivity index (χ2v) is 4.69. The van der Waals surface area contributed by atoms with E-state index in [1.54, 1.807) is 19.1 Å². The number of amides is 1. The van der Waals surface area contributed by atoms with Crippen LogP contribution in [0.15, 0.2) is 18.2 Å². The molecule has 0 saturated heterocycles. The Bertz CT molecular complexity index is 482. The minimum Gasteiger partial charge on any atom is -0.334 e. The van der Waals surface area contributed by atoms with Crippen LogP contribution in [-0.2, 0) is 0 Å². The Hall–Kier alpha value is -1.24. The number of halogens is 2. The predicted molar refractivity (Wildman–Crippen MR) is 68.2 cm³/mol. The van der Waals surface area contributed by atoms with Crippen molar-refractivity contribution in [3.8, 4) is 6.07 Å². The maximum atomic E-state index is 11.9. The monoisotopic (exact) mass is 270 g/mol. The quantitative estimate of drug-likeness (QED) is 0.915. The number of benzene rings is 1. The molecule has 0 aliphatic heterocycles. The highest BCUT2D eigenvalue weighted by atomic mass is 35.5. The number of nitrogens with one attached hydrogen (secondary N) is 1. The Balaban J connectivity index is 2.91. The molecule has 0 spiro atoms. The second kappa shape index (κ2) is 5.39. The van der Waals surface area contributed by atoms with Gasteiger partial charge in [-0.2, -0.15) is 5.26 Å². The molecule has 90 valence electrons. The zero-order chi connectivity index (χ0) is 13.1. The van der Waals surface area contributed by atoms with Crippen molar-refractivity contribution >= 4 is 29.1 Å². The maximum absolute atomic E-state index is 11.9. The van der Waals surface area contributed by atoms with Crippen LogP contribution in [0.4, 0.5) is 0 Å². The van der Waals surface area contributed by atoms with E-state index < -0.39 is 5.54 Å². The Morgan fingerprint density at radius 3 is 2.59 bits per heavy atom. The summed E-state index contributed by atoms with van der Waals surface area (Å²) in [4.78, 5) is 11.9. The summed E-state index contributed by atoms with van der Waals surface area (Å²) in [6, 6.07) is 6.66. The molecule has 0 aliphatic rings. The van der Waals surface area contributed by atoms with Crippen molar-refractivity contribution in [2.75, 3.05) is 0 Å². The normalized spacial score (nSPS) is 13.6. The Kier molecular flexibility index (Phi) is 4.39. The predicted octanol–water partition coefficient (Wildman–Crippen LogP) is 3.42. The van der Waals surface area contributed by atoms with Gasteiger partial charge in [-0.3, -0.25) is 4.79 Å². The van der Waals surface area contributed by atoms with Crippen LogP contribution < -0.4 is 5.32 Å². The largest absolute Gasteiger partial charge is 0.334 e. The second-order valence-electron chi connectivity index (χ2n) is 3.88. The number of hydrogen-bond donors (Lipinski definition) is 1. The van der Waals surface area contributed by atoms with E-state index in [9.17, 15) is 4.79 Å². The highest BCUT2D eigenvalue weighted by Gasteiger charge is 2.24. The third-order valence-electron chi connectivity index (χ3n) is 2.53. The standard InChI is InChI=1S/C12H12Cl2N2O/c1-3-12(2,7-15)16-11(17)8-4-5-9(13)10(14)6-8/h4-6H,3H2,1-2H3,(H,16,17). The van der Waals surface area contributed by atoms with E-state index in [0.29, 0.717) is 22.0 Å². The summed E-state index contributed by atoms with van der Waals surface area (Å²) in [6.45, 7) is 3.50. The number of hydrogen-bond acceptors (Lipinski definition) is 2. The molecule has 1 aromatic carbocycles. The summed E-state index contributed by atoms with van der Waals surface area (Å²) in [5.41, 5.74) is -0.488. The van der Waals surface area contributed by atoms with Gasteiger partial charge < -0.3 is 5.32 Å². The minimum atomic E-state index is -0.872. The van der Waals surface area contributed by atoms with Gasteiger partial charge in [-0.1, -0.05) is 30.1 Å². The van der Waals surface area contributed by atoms with E-state index in [1.165, 1.54) is 6.07 Å². The first-order valence-electron chi connectivity index (χ1n) is 5.10. The van der Waals surface area contributed by atoms with Gasteiger partial charge >= 0.3 is 0 Å². The maximum Gasteiger partial charge on any atom is 0.252 e. The topological polar surface area (TPSA) is 52.9 Å². The van der Waals surface area contributed by atoms with Crippen LogP contribution >= 0.6 is 23.2 Å². The van der Waals surface area contributed by atoms with Crippen LogP contribution in [0.5, 0.6) is 0 Å². The zero-order valence-electron chi connectivity index (χ0n) is 9.55. The molecule has 1 amide bonds. The first-order valence-corrected chi connectivity index (χ1v) is 5.86. The fourth-order valence-electron chi connectivity index (χ4n) is 1.16. The van der Waals surface area contributed by atoms with E-state index >= 15 is 0 Å². The van der Waals surface area contributed by atoms with Crippen LogP contribution in [0.3, 0.4) is 0 Å². The third kappa shape index (κ3) is 3.36. The molecule has 1 unspecified atom stereocenters. The molecule has 3 nitrogen and oxygen atoms in total. The molecule has 0 heterocycles. The van der Waals surface area contributed by atoms with Crippen molar-refractivity contribution < 1.29 is 4.79 Å². The van der Waals surface area contributed by atoms with Crippen molar-refractivity contribution in [3.63, 3.8) is 0 Å². The van der Waals surface area contributed by atoms with Gasteiger partial charge in [0.05, 0.1) is 16.1 Å². The fraction of sp³-hybridized carbons (Fsp3) is 0.333. The zero-order valence-corrected chi connectivity index (χ0v) is 11.1. The molecule has 0 aliphatic carbocycles. The molecule has 0 radical (unpaired) electrons. The van der Waals surface area contributed by atoms with Gasteiger partial charge in [-0.15, -0.1) is 0 Å². The van der Waals surface area contributed by atoms with Gasteiger partial charge in [-0.05, 0) is 31.5 Å². The van der Waals surface area contributed by atoms with Crippen molar-refractivity contribution in [3.05, 3.63) is 33.8 Å². The molecule has 1 N–H and O–H groups in total. The van der Waals surface area contributed by atoms with Gasteiger partial charge in [-0.25, -0.2) is 0 Å². The summed E-state index contributed by atoms with van der Waals surface area (Å²) >= 11 is 11.6. The summed E-state index contributed by atoms with van der Waals surface area (Å²) in [5, 5.41) is 12.3. The van der Waals surface area contributed by atoms with E-state index in [2.05, 4.69) is 11.4 Å².